The average Bonchev–Trinajstić information content (AvgIpc) is 3.07. The first-order valence-electron chi connectivity index (χ1n) is 9.61. The second-order valence-corrected chi connectivity index (χ2v) is 7.32. The quantitative estimate of drug-likeness (QED) is 0.778. The molecule has 2 aromatic carbocycles. The third-order valence-electron chi connectivity index (χ3n) is 4.97. The molecule has 2 aromatic rings. The Morgan fingerprint density at radius 3 is 2.38 bits per heavy atom. The monoisotopic (exact) mass is 397 g/mol. The molecular weight excluding hydrogens is 370 g/mol. The lowest BCUT2D eigenvalue weighted by Gasteiger charge is -2.19. The molecule has 1 aliphatic rings. The first kappa shape index (κ1) is 20.5. The number of hydrogen-bond donors (Lipinski definition) is 2. The molecule has 7 nitrogen and oxygen atoms in total. The molecule has 0 aliphatic carbocycles. The Balaban J connectivity index is 1.60. The topological polar surface area (TPSA) is 79.9 Å². The van der Waals surface area contributed by atoms with E-state index in [4.69, 9.17) is 9.47 Å². The van der Waals surface area contributed by atoms with Gasteiger partial charge < -0.3 is 25.0 Å². The van der Waals surface area contributed by atoms with Gasteiger partial charge in [0.05, 0.1) is 20.3 Å². The number of methoxy groups -OCH3 is 2. The number of urea groups is 1. The van der Waals surface area contributed by atoms with Gasteiger partial charge in [0, 0.05) is 30.4 Å². The number of carbonyl (C=O) groups excluding carboxylic acids is 2. The van der Waals surface area contributed by atoms with Crippen molar-refractivity contribution in [2.75, 3.05) is 31.0 Å². The van der Waals surface area contributed by atoms with Crippen molar-refractivity contribution >= 4 is 23.3 Å². The molecule has 0 saturated carbocycles. The molecule has 1 atom stereocenters. The second-order valence-electron chi connectivity index (χ2n) is 7.32. The zero-order chi connectivity index (χ0) is 21.0. The molecule has 29 heavy (non-hydrogen) atoms. The van der Waals surface area contributed by atoms with E-state index in [0.717, 1.165) is 0 Å². The van der Waals surface area contributed by atoms with Gasteiger partial charge in [0.1, 0.15) is 0 Å². The highest BCUT2D eigenvalue weighted by Crippen LogP contribution is 2.33. The number of rotatable bonds is 6. The molecule has 7 heteroatoms. The van der Waals surface area contributed by atoms with Crippen molar-refractivity contribution in [2.24, 2.45) is 0 Å². The minimum absolute atomic E-state index is 0.0520. The van der Waals surface area contributed by atoms with E-state index in [-0.39, 0.29) is 24.4 Å². The minimum Gasteiger partial charge on any atom is -0.493 e. The summed E-state index contributed by atoms with van der Waals surface area (Å²) < 4.78 is 10.5. The van der Waals surface area contributed by atoms with Gasteiger partial charge in [-0.3, -0.25) is 4.79 Å². The summed E-state index contributed by atoms with van der Waals surface area (Å²) in [4.78, 5) is 26.4. The van der Waals surface area contributed by atoms with Gasteiger partial charge in [-0.2, -0.15) is 0 Å². The van der Waals surface area contributed by atoms with Crippen LogP contribution in [0.2, 0.25) is 0 Å². The normalized spacial score (nSPS) is 16.1. The van der Waals surface area contributed by atoms with Crippen LogP contribution in [0, 0.1) is 0 Å². The van der Waals surface area contributed by atoms with Crippen molar-refractivity contribution in [3.8, 4) is 11.5 Å². The molecular formula is C22H27N3O4. The van der Waals surface area contributed by atoms with E-state index < -0.39 is 0 Å². The number of ether oxygens (including phenoxy) is 2. The maximum absolute atomic E-state index is 12.5. The van der Waals surface area contributed by atoms with Crippen molar-refractivity contribution in [1.82, 2.24) is 5.32 Å². The van der Waals surface area contributed by atoms with Crippen molar-refractivity contribution in [3.63, 3.8) is 0 Å². The number of nitrogens with one attached hydrogen (secondary N) is 2. The molecule has 154 valence electrons. The van der Waals surface area contributed by atoms with Crippen molar-refractivity contribution in [3.05, 3.63) is 48.0 Å². The molecule has 1 fully saturated rings. The fraction of sp³-hybridized carbons (Fsp3) is 0.364. The minimum atomic E-state index is -0.325. The molecule has 0 bridgehead atoms. The lowest BCUT2D eigenvalue weighted by Crippen LogP contribution is -2.39. The maximum atomic E-state index is 12.5. The Morgan fingerprint density at radius 2 is 1.76 bits per heavy atom. The van der Waals surface area contributed by atoms with Crippen LogP contribution >= 0.6 is 0 Å². The SMILES string of the molecule is COc1ccc(N2CC(NC(=O)Nc3ccc(C(C)C)cc3)CC2=O)cc1OC. The molecule has 1 unspecified atom stereocenters. The third kappa shape index (κ3) is 4.80. The van der Waals surface area contributed by atoms with Gasteiger partial charge in [-0.05, 0) is 35.7 Å². The molecule has 0 aromatic heterocycles. The Labute approximate surface area is 171 Å². The third-order valence-corrected chi connectivity index (χ3v) is 4.97. The van der Waals surface area contributed by atoms with Crippen LogP contribution in [0.15, 0.2) is 42.5 Å². The summed E-state index contributed by atoms with van der Waals surface area (Å²) in [6.07, 6.45) is 0.244. The van der Waals surface area contributed by atoms with E-state index >= 15 is 0 Å². The molecule has 1 aliphatic heterocycles. The second kappa shape index (κ2) is 8.86. The smallest absolute Gasteiger partial charge is 0.319 e. The summed E-state index contributed by atoms with van der Waals surface area (Å²) in [7, 11) is 3.11. The summed E-state index contributed by atoms with van der Waals surface area (Å²) in [6, 6.07) is 12.5. The molecule has 3 rings (SSSR count). The zero-order valence-electron chi connectivity index (χ0n) is 17.2. The van der Waals surface area contributed by atoms with Crippen LogP contribution in [0.3, 0.4) is 0 Å². The van der Waals surface area contributed by atoms with Crippen LogP contribution in [0.4, 0.5) is 16.2 Å². The maximum Gasteiger partial charge on any atom is 0.319 e. The number of benzene rings is 2. The van der Waals surface area contributed by atoms with Crippen LogP contribution in [0.25, 0.3) is 0 Å². The lowest BCUT2D eigenvalue weighted by molar-refractivity contribution is -0.117. The molecule has 1 heterocycles. The van der Waals surface area contributed by atoms with Gasteiger partial charge in [0.2, 0.25) is 5.91 Å². The van der Waals surface area contributed by atoms with Crippen LogP contribution in [-0.2, 0) is 4.79 Å². The van der Waals surface area contributed by atoms with Crippen molar-refractivity contribution in [1.29, 1.82) is 0 Å². The summed E-state index contributed by atoms with van der Waals surface area (Å²) in [5, 5.41) is 5.70. The van der Waals surface area contributed by atoms with Gasteiger partial charge in [-0.25, -0.2) is 4.79 Å². The molecule has 0 spiro atoms. The molecule has 3 amide bonds. The molecule has 1 saturated heterocycles. The lowest BCUT2D eigenvalue weighted by atomic mass is 10.0. The summed E-state index contributed by atoms with van der Waals surface area (Å²) >= 11 is 0. The number of hydrogen-bond acceptors (Lipinski definition) is 4. The van der Waals surface area contributed by atoms with Crippen molar-refractivity contribution < 1.29 is 19.1 Å². The van der Waals surface area contributed by atoms with Gasteiger partial charge in [0.15, 0.2) is 11.5 Å². The van der Waals surface area contributed by atoms with Crippen LogP contribution < -0.4 is 25.0 Å². The van der Waals surface area contributed by atoms with E-state index in [1.54, 1.807) is 37.3 Å². The van der Waals surface area contributed by atoms with E-state index in [2.05, 4.69) is 24.5 Å². The largest absolute Gasteiger partial charge is 0.493 e. The van der Waals surface area contributed by atoms with Crippen LogP contribution in [0.5, 0.6) is 11.5 Å². The van der Waals surface area contributed by atoms with Gasteiger partial charge in [-0.1, -0.05) is 26.0 Å². The average molecular weight is 397 g/mol. The van der Waals surface area contributed by atoms with Crippen LogP contribution in [-0.4, -0.2) is 38.7 Å². The van der Waals surface area contributed by atoms with E-state index in [0.29, 0.717) is 35.3 Å². The zero-order valence-corrected chi connectivity index (χ0v) is 17.2. The number of carbonyl (C=O) groups is 2. The Kier molecular flexibility index (Phi) is 6.26. The highest BCUT2D eigenvalue weighted by molar-refractivity contribution is 5.98. The Bertz CT molecular complexity index is 880. The standard InChI is InChI=1S/C22H27N3O4/c1-14(2)15-5-7-16(8-6-15)23-22(27)24-17-11-21(26)25(13-17)18-9-10-19(28-3)20(12-18)29-4/h5-10,12,14,17H,11,13H2,1-4H3,(H2,23,24,27). The number of anilines is 2. The summed E-state index contributed by atoms with van der Waals surface area (Å²) in [5.74, 6) is 1.53. The predicted molar refractivity (Wildman–Crippen MR) is 113 cm³/mol. The van der Waals surface area contributed by atoms with E-state index in [1.807, 2.05) is 24.3 Å². The number of amides is 3. The number of nitrogens with zero attached hydrogens (tertiary/aromatic N) is 1. The summed E-state index contributed by atoms with van der Waals surface area (Å²) in [6.45, 7) is 4.64. The fourth-order valence-corrected chi connectivity index (χ4v) is 3.35. The van der Waals surface area contributed by atoms with Crippen molar-refractivity contribution in [2.45, 2.75) is 32.2 Å². The van der Waals surface area contributed by atoms with Gasteiger partial charge in [-0.15, -0.1) is 0 Å². The van der Waals surface area contributed by atoms with Gasteiger partial charge in [0.25, 0.3) is 0 Å². The van der Waals surface area contributed by atoms with Crippen LogP contribution in [0.1, 0.15) is 31.7 Å². The van der Waals surface area contributed by atoms with E-state index in [9.17, 15) is 9.59 Å². The molecule has 2 N–H and O–H groups in total. The van der Waals surface area contributed by atoms with Gasteiger partial charge >= 0.3 is 6.03 Å². The first-order valence-corrected chi connectivity index (χ1v) is 9.61. The Hall–Kier alpha value is -3.22. The Morgan fingerprint density at radius 1 is 1.07 bits per heavy atom. The first-order chi connectivity index (χ1) is 13.9. The highest BCUT2D eigenvalue weighted by Gasteiger charge is 2.32. The summed E-state index contributed by atoms with van der Waals surface area (Å²) in [5.41, 5.74) is 2.64. The fourth-order valence-electron chi connectivity index (χ4n) is 3.35. The highest BCUT2D eigenvalue weighted by atomic mass is 16.5. The molecule has 0 radical (unpaired) electrons. The van der Waals surface area contributed by atoms with E-state index in [1.165, 1.54) is 5.56 Å². The predicted octanol–water partition coefficient (Wildman–Crippen LogP) is 3.75.